The fourth-order valence-electron chi connectivity index (χ4n) is 2.65. The summed E-state index contributed by atoms with van der Waals surface area (Å²) in [5.41, 5.74) is 0.871. The molecule has 20 heavy (non-hydrogen) atoms. The smallest absolute Gasteiger partial charge is 0.335 e. The SMILES string of the molecule is COC(=O)C(Cc1cccc(O)c1)OC1CCCCC1. The van der Waals surface area contributed by atoms with Crippen molar-refractivity contribution < 1.29 is 19.4 Å². The van der Waals surface area contributed by atoms with Crippen LogP contribution in [0.3, 0.4) is 0 Å². The number of rotatable bonds is 5. The molecule has 2 rings (SSSR count). The molecule has 0 aromatic heterocycles. The lowest BCUT2D eigenvalue weighted by atomic mass is 9.97. The highest BCUT2D eigenvalue weighted by atomic mass is 16.6. The third-order valence-corrected chi connectivity index (χ3v) is 3.70. The highest BCUT2D eigenvalue weighted by Gasteiger charge is 2.25. The number of phenols is 1. The zero-order valence-electron chi connectivity index (χ0n) is 11.9. The number of ether oxygens (including phenoxy) is 2. The van der Waals surface area contributed by atoms with Gasteiger partial charge in [0.2, 0.25) is 0 Å². The van der Waals surface area contributed by atoms with E-state index in [4.69, 9.17) is 9.47 Å². The van der Waals surface area contributed by atoms with Gasteiger partial charge >= 0.3 is 5.97 Å². The van der Waals surface area contributed by atoms with Crippen LogP contribution in [0.1, 0.15) is 37.7 Å². The van der Waals surface area contributed by atoms with E-state index in [2.05, 4.69) is 0 Å². The lowest BCUT2D eigenvalue weighted by Gasteiger charge is -2.26. The van der Waals surface area contributed by atoms with Crippen molar-refractivity contribution >= 4 is 5.97 Å². The molecule has 0 bridgehead atoms. The van der Waals surface area contributed by atoms with Crippen molar-refractivity contribution in [1.82, 2.24) is 0 Å². The van der Waals surface area contributed by atoms with Gasteiger partial charge in [0, 0.05) is 6.42 Å². The van der Waals surface area contributed by atoms with E-state index >= 15 is 0 Å². The van der Waals surface area contributed by atoms with Crippen LogP contribution in [0, 0.1) is 0 Å². The summed E-state index contributed by atoms with van der Waals surface area (Å²) in [5, 5.41) is 9.49. The highest BCUT2D eigenvalue weighted by Crippen LogP contribution is 2.23. The number of methoxy groups -OCH3 is 1. The van der Waals surface area contributed by atoms with E-state index in [9.17, 15) is 9.90 Å². The van der Waals surface area contributed by atoms with Crippen LogP contribution in [0.5, 0.6) is 5.75 Å². The Bertz CT molecular complexity index is 438. The summed E-state index contributed by atoms with van der Waals surface area (Å²) in [7, 11) is 1.38. The summed E-state index contributed by atoms with van der Waals surface area (Å²) in [5.74, 6) is -0.150. The van der Waals surface area contributed by atoms with Crippen molar-refractivity contribution in [2.45, 2.75) is 50.7 Å². The second-order valence-electron chi connectivity index (χ2n) is 5.28. The summed E-state index contributed by atoms with van der Waals surface area (Å²) in [6.45, 7) is 0. The quantitative estimate of drug-likeness (QED) is 0.841. The van der Waals surface area contributed by atoms with Crippen molar-refractivity contribution in [3.8, 4) is 5.75 Å². The first kappa shape index (κ1) is 14.9. The van der Waals surface area contributed by atoms with Crippen molar-refractivity contribution in [3.05, 3.63) is 29.8 Å². The average molecular weight is 278 g/mol. The third kappa shape index (κ3) is 4.23. The van der Waals surface area contributed by atoms with E-state index in [1.54, 1.807) is 18.2 Å². The Morgan fingerprint density at radius 1 is 1.35 bits per heavy atom. The molecule has 0 spiro atoms. The molecule has 110 valence electrons. The van der Waals surface area contributed by atoms with Crippen LogP contribution < -0.4 is 0 Å². The van der Waals surface area contributed by atoms with Gasteiger partial charge in [-0.1, -0.05) is 31.4 Å². The van der Waals surface area contributed by atoms with Gasteiger partial charge in [0.05, 0.1) is 13.2 Å². The summed E-state index contributed by atoms with van der Waals surface area (Å²) >= 11 is 0. The molecule has 1 aliphatic carbocycles. The average Bonchev–Trinajstić information content (AvgIpc) is 2.47. The van der Waals surface area contributed by atoms with Gasteiger partial charge in [-0.25, -0.2) is 4.79 Å². The van der Waals surface area contributed by atoms with Gasteiger partial charge in [-0.05, 0) is 30.5 Å². The van der Waals surface area contributed by atoms with Crippen LogP contribution in [0.4, 0.5) is 0 Å². The number of benzene rings is 1. The maximum atomic E-state index is 11.9. The molecule has 1 fully saturated rings. The predicted molar refractivity (Wildman–Crippen MR) is 75.6 cm³/mol. The Kier molecular flexibility index (Phi) is 5.41. The minimum atomic E-state index is -0.593. The Labute approximate surface area is 119 Å². The molecule has 0 aliphatic heterocycles. The summed E-state index contributed by atoms with van der Waals surface area (Å²) in [6.07, 6.45) is 5.55. The Balaban J connectivity index is 2.01. The lowest BCUT2D eigenvalue weighted by molar-refractivity contribution is -0.159. The van der Waals surface area contributed by atoms with E-state index < -0.39 is 6.10 Å². The van der Waals surface area contributed by atoms with Crippen LogP contribution in [-0.2, 0) is 20.7 Å². The fourth-order valence-corrected chi connectivity index (χ4v) is 2.65. The number of carbonyl (C=O) groups is 1. The molecule has 4 nitrogen and oxygen atoms in total. The molecule has 0 saturated heterocycles. The zero-order valence-corrected chi connectivity index (χ0v) is 11.9. The van der Waals surface area contributed by atoms with Gasteiger partial charge in [-0.2, -0.15) is 0 Å². The number of hydrogen-bond donors (Lipinski definition) is 1. The first-order valence-electron chi connectivity index (χ1n) is 7.20. The number of esters is 1. The standard InChI is InChI=1S/C16H22O4/c1-19-16(18)15(20-14-8-3-2-4-9-14)11-12-6-5-7-13(17)10-12/h5-7,10,14-15,17H,2-4,8-9,11H2,1H3. The second kappa shape index (κ2) is 7.29. The Morgan fingerprint density at radius 2 is 2.10 bits per heavy atom. The molecule has 1 aromatic carbocycles. The van der Waals surface area contributed by atoms with Gasteiger partial charge in [-0.3, -0.25) is 0 Å². The molecule has 1 unspecified atom stereocenters. The van der Waals surface area contributed by atoms with Gasteiger partial charge in [0.25, 0.3) is 0 Å². The summed E-state index contributed by atoms with van der Waals surface area (Å²) in [6, 6.07) is 6.90. The summed E-state index contributed by atoms with van der Waals surface area (Å²) in [4.78, 5) is 11.9. The van der Waals surface area contributed by atoms with Crippen molar-refractivity contribution in [2.24, 2.45) is 0 Å². The highest BCUT2D eigenvalue weighted by molar-refractivity contribution is 5.75. The molecule has 0 heterocycles. The third-order valence-electron chi connectivity index (χ3n) is 3.70. The van der Waals surface area contributed by atoms with E-state index in [1.165, 1.54) is 13.5 Å². The maximum absolute atomic E-state index is 11.9. The molecular formula is C16H22O4. The lowest BCUT2D eigenvalue weighted by Crippen LogP contribution is -2.33. The molecule has 1 atom stereocenters. The molecular weight excluding hydrogens is 256 g/mol. The van der Waals surface area contributed by atoms with Gasteiger partial charge < -0.3 is 14.6 Å². The number of hydrogen-bond acceptors (Lipinski definition) is 4. The van der Waals surface area contributed by atoms with Gasteiger partial charge in [0.15, 0.2) is 6.10 Å². The monoisotopic (exact) mass is 278 g/mol. The first-order valence-corrected chi connectivity index (χ1v) is 7.20. The number of aromatic hydroxyl groups is 1. The molecule has 4 heteroatoms. The second-order valence-corrected chi connectivity index (χ2v) is 5.28. The van der Waals surface area contributed by atoms with Crippen LogP contribution in [0.25, 0.3) is 0 Å². The largest absolute Gasteiger partial charge is 0.508 e. The number of carbonyl (C=O) groups excluding carboxylic acids is 1. The normalized spacial score (nSPS) is 17.6. The molecule has 0 radical (unpaired) electrons. The van der Waals surface area contributed by atoms with Crippen molar-refractivity contribution in [1.29, 1.82) is 0 Å². The van der Waals surface area contributed by atoms with Crippen molar-refractivity contribution in [3.63, 3.8) is 0 Å². The summed E-state index contributed by atoms with van der Waals surface area (Å²) < 4.78 is 10.8. The van der Waals surface area contributed by atoms with Crippen LogP contribution in [0.2, 0.25) is 0 Å². The van der Waals surface area contributed by atoms with Gasteiger partial charge in [-0.15, -0.1) is 0 Å². The predicted octanol–water partition coefficient (Wildman–Crippen LogP) is 2.83. The maximum Gasteiger partial charge on any atom is 0.335 e. The van der Waals surface area contributed by atoms with E-state index in [1.807, 2.05) is 6.07 Å². The Hall–Kier alpha value is -1.55. The molecule has 1 aromatic rings. The Morgan fingerprint density at radius 3 is 2.75 bits per heavy atom. The topological polar surface area (TPSA) is 55.8 Å². The van der Waals surface area contributed by atoms with Crippen LogP contribution in [-0.4, -0.2) is 30.4 Å². The van der Waals surface area contributed by atoms with Crippen LogP contribution >= 0.6 is 0 Å². The number of phenolic OH excluding ortho intramolecular Hbond substituents is 1. The van der Waals surface area contributed by atoms with E-state index in [0.29, 0.717) is 6.42 Å². The molecule has 1 N–H and O–H groups in total. The fraction of sp³-hybridized carbons (Fsp3) is 0.562. The van der Waals surface area contributed by atoms with Gasteiger partial charge in [0.1, 0.15) is 5.75 Å². The first-order chi connectivity index (χ1) is 9.69. The minimum Gasteiger partial charge on any atom is -0.508 e. The van der Waals surface area contributed by atoms with Crippen LogP contribution in [0.15, 0.2) is 24.3 Å². The molecule has 1 aliphatic rings. The van der Waals surface area contributed by atoms with E-state index in [0.717, 1.165) is 31.2 Å². The van der Waals surface area contributed by atoms with E-state index in [-0.39, 0.29) is 17.8 Å². The molecule has 0 amide bonds. The minimum absolute atomic E-state index is 0.144. The van der Waals surface area contributed by atoms with Crippen molar-refractivity contribution in [2.75, 3.05) is 7.11 Å². The molecule has 1 saturated carbocycles. The zero-order chi connectivity index (χ0) is 14.4.